The maximum atomic E-state index is 10.2. The van der Waals surface area contributed by atoms with E-state index in [0.717, 1.165) is 12.8 Å². The zero-order valence-corrected chi connectivity index (χ0v) is 8.23. The molecule has 0 aliphatic heterocycles. The summed E-state index contributed by atoms with van der Waals surface area (Å²) in [5, 5.41) is 0. The third kappa shape index (κ3) is 1.49. The van der Waals surface area contributed by atoms with Gasteiger partial charge in [-0.1, -0.05) is 24.3 Å². The molecule has 2 rings (SSSR count). The van der Waals surface area contributed by atoms with Gasteiger partial charge in [-0.25, -0.2) is 9.79 Å². The van der Waals surface area contributed by atoms with E-state index >= 15 is 0 Å². The molecule has 1 aliphatic carbocycles. The summed E-state index contributed by atoms with van der Waals surface area (Å²) >= 11 is 0. The van der Waals surface area contributed by atoms with E-state index in [0.29, 0.717) is 5.92 Å². The second-order valence-corrected chi connectivity index (χ2v) is 3.80. The third-order valence-corrected chi connectivity index (χ3v) is 3.02. The van der Waals surface area contributed by atoms with E-state index < -0.39 is 0 Å². The van der Waals surface area contributed by atoms with Gasteiger partial charge in [-0.2, -0.15) is 0 Å². The molecule has 2 nitrogen and oxygen atoms in total. The number of isocyanates is 1. The normalized spacial score (nSPS) is 21.1. The van der Waals surface area contributed by atoms with Gasteiger partial charge in [0, 0.05) is 5.92 Å². The Morgan fingerprint density at radius 2 is 2.29 bits per heavy atom. The van der Waals surface area contributed by atoms with E-state index in [1.165, 1.54) is 11.1 Å². The second kappa shape index (κ2) is 3.77. The van der Waals surface area contributed by atoms with Crippen molar-refractivity contribution >= 4 is 6.08 Å². The first-order valence-electron chi connectivity index (χ1n) is 4.97. The Morgan fingerprint density at radius 1 is 1.50 bits per heavy atom. The highest BCUT2D eigenvalue weighted by molar-refractivity contribution is 5.38. The Balaban J connectivity index is 2.30. The lowest BCUT2D eigenvalue weighted by atomic mass is 9.95. The van der Waals surface area contributed by atoms with Gasteiger partial charge < -0.3 is 0 Å². The van der Waals surface area contributed by atoms with Crippen molar-refractivity contribution in [2.24, 2.45) is 4.99 Å². The van der Waals surface area contributed by atoms with Gasteiger partial charge in [0.15, 0.2) is 0 Å². The first-order valence-corrected chi connectivity index (χ1v) is 4.97. The summed E-state index contributed by atoms with van der Waals surface area (Å²) in [4.78, 5) is 14.0. The molecular weight excluding hydrogens is 174 g/mol. The first-order chi connectivity index (χ1) is 6.83. The largest absolute Gasteiger partial charge is 0.235 e. The smallest absolute Gasteiger partial charge is 0.211 e. The molecule has 1 aliphatic rings. The molecule has 0 amide bonds. The molecule has 0 saturated carbocycles. The molecule has 0 N–H and O–H groups in total. The van der Waals surface area contributed by atoms with Gasteiger partial charge in [0.05, 0.1) is 6.04 Å². The SMILES string of the molecule is CC(N=C=O)C1CCc2ccccc21. The van der Waals surface area contributed by atoms with Crippen LogP contribution in [-0.4, -0.2) is 12.1 Å². The van der Waals surface area contributed by atoms with Crippen LogP contribution in [0.5, 0.6) is 0 Å². The molecule has 0 fully saturated rings. The molecule has 2 unspecified atom stereocenters. The minimum absolute atomic E-state index is 0.0659. The van der Waals surface area contributed by atoms with Crippen molar-refractivity contribution in [2.75, 3.05) is 0 Å². The Kier molecular flexibility index (Phi) is 2.47. The van der Waals surface area contributed by atoms with E-state index in [2.05, 4.69) is 29.3 Å². The van der Waals surface area contributed by atoms with Crippen molar-refractivity contribution in [2.45, 2.75) is 31.7 Å². The van der Waals surface area contributed by atoms with Gasteiger partial charge in [0.25, 0.3) is 0 Å². The molecule has 0 saturated heterocycles. The van der Waals surface area contributed by atoms with Crippen molar-refractivity contribution < 1.29 is 4.79 Å². The van der Waals surface area contributed by atoms with Gasteiger partial charge in [0.2, 0.25) is 6.08 Å². The van der Waals surface area contributed by atoms with Crippen molar-refractivity contribution in [1.82, 2.24) is 0 Å². The quantitative estimate of drug-likeness (QED) is 0.516. The van der Waals surface area contributed by atoms with E-state index in [4.69, 9.17) is 0 Å². The zero-order valence-electron chi connectivity index (χ0n) is 8.23. The molecule has 72 valence electrons. The number of rotatable bonds is 2. The number of hydrogen-bond donors (Lipinski definition) is 0. The van der Waals surface area contributed by atoms with E-state index in [1.807, 2.05) is 6.92 Å². The van der Waals surface area contributed by atoms with Crippen LogP contribution in [-0.2, 0) is 11.2 Å². The van der Waals surface area contributed by atoms with Crippen molar-refractivity contribution in [3.8, 4) is 0 Å². The molecule has 1 aromatic rings. The molecule has 0 spiro atoms. The standard InChI is InChI=1S/C12H13NO/c1-9(13-8-14)11-7-6-10-4-2-3-5-12(10)11/h2-5,9,11H,6-7H2,1H3. The fraction of sp³-hybridized carbons (Fsp3) is 0.417. The van der Waals surface area contributed by atoms with Crippen LogP contribution in [0.3, 0.4) is 0 Å². The van der Waals surface area contributed by atoms with Crippen molar-refractivity contribution in [3.63, 3.8) is 0 Å². The average Bonchev–Trinajstić information content (AvgIpc) is 2.61. The number of aryl methyl sites for hydroxylation is 1. The highest BCUT2D eigenvalue weighted by atomic mass is 16.1. The highest BCUT2D eigenvalue weighted by Crippen LogP contribution is 2.36. The summed E-state index contributed by atoms with van der Waals surface area (Å²) in [6.45, 7) is 1.98. The molecule has 0 heterocycles. The Bertz CT molecular complexity index is 380. The van der Waals surface area contributed by atoms with Crippen LogP contribution in [0.15, 0.2) is 29.3 Å². The maximum absolute atomic E-state index is 10.2. The molecule has 0 aromatic heterocycles. The summed E-state index contributed by atoms with van der Waals surface area (Å²) in [6, 6.07) is 8.48. The highest BCUT2D eigenvalue weighted by Gasteiger charge is 2.26. The Morgan fingerprint density at radius 3 is 3.07 bits per heavy atom. The lowest BCUT2D eigenvalue weighted by Crippen LogP contribution is -2.09. The summed E-state index contributed by atoms with van der Waals surface area (Å²) < 4.78 is 0. The van der Waals surface area contributed by atoms with Gasteiger partial charge >= 0.3 is 0 Å². The van der Waals surface area contributed by atoms with Crippen LogP contribution in [0.4, 0.5) is 0 Å². The molecule has 1 aromatic carbocycles. The van der Waals surface area contributed by atoms with Crippen LogP contribution < -0.4 is 0 Å². The maximum Gasteiger partial charge on any atom is 0.235 e. The minimum Gasteiger partial charge on any atom is -0.211 e. The van der Waals surface area contributed by atoms with Crippen LogP contribution in [0.2, 0.25) is 0 Å². The van der Waals surface area contributed by atoms with Crippen LogP contribution in [0, 0.1) is 0 Å². The number of fused-ring (bicyclic) bond motifs is 1. The van der Waals surface area contributed by atoms with E-state index in [9.17, 15) is 4.79 Å². The lowest BCUT2D eigenvalue weighted by Gasteiger charge is -2.14. The zero-order chi connectivity index (χ0) is 9.97. The van der Waals surface area contributed by atoms with Gasteiger partial charge in [-0.05, 0) is 30.9 Å². The fourth-order valence-corrected chi connectivity index (χ4v) is 2.26. The number of benzene rings is 1. The predicted molar refractivity (Wildman–Crippen MR) is 55.1 cm³/mol. The lowest BCUT2D eigenvalue weighted by molar-refractivity contribution is 0.535. The van der Waals surface area contributed by atoms with E-state index in [1.54, 1.807) is 6.08 Å². The average molecular weight is 187 g/mol. The van der Waals surface area contributed by atoms with Crippen LogP contribution in [0.25, 0.3) is 0 Å². The third-order valence-electron chi connectivity index (χ3n) is 3.02. The predicted octanol–water partition coefficient (Wildman–Crippen LogP) is 2.44. The number of hydrogen-bond acceptors (Lipinski definition) is 2. The number of nitrogens with zero attached hydrogens (tertiary/aromatic N) is 1. The van der Waals surface area contributed by atoms with Crippen LogP contribution in [0.1, 0.15) is 30.4 Å². The van der Waals surface area contributed by atoms with Gasteiger partial charge in [0.1, 0.15) is 0 Å². The van der Waals surface area contributed by atoms with Crippen molar-refractivity contribution in [3.05, 3.63) is 35.4 Å². The second-order valence-electron chi connectivity index (χ2n) is 3.80. The topological polar surface area (TPSA) is 29.4 Å². The van der Waals surface area contributed by atoms with E-state index in [-0.39, 0.29) is 6.04 Å². The molecule has 14 heavy (non-hydrogen) atoms. The molecule has 2 heteroatoms. The van der Waals surface area contributed by atoms with Gasteiger partial charge in [-0.15, -0.1) is 0 Å². The van der Waals surface area contributed by atoms with Gasteiger partial charge in [-0.3, -0.25) is 0 Å². The minimum atomic E-state index is 0.0659. The number of aliphatic imine (C=N–C) groups is 1. The molecular formula is C12H13NO. The Hall–Kier alpha value is -1.40. The summed E-state index contributed by atoms with van der Waals surface area (Å²) in [7, 11) is 0. The number of carbonyl (C=O) groups excluding carboxylic acids is 1. The fourth-order valence-electron chi connectivity index (χ4n) is 2.26. The molecule has 2 atom stereocenters. The van der Waals surface area contributed by atoms with Crippen molar-refractivity contribution in [1.29, 1.82) is 0 Å². The Labute approximate surface area is 83.7 Å². The summed E-state index contributed by atoms with van der Waals surface area (Å²) in [6.07, 6.45) is 3.86. The monoisotopic (exact) mass is 187 g/mol. The molecule has 0 bridgehead atoms. The first kappa shape index (κ1) is 9.17. The summed E-state index contributed by atoms with van der Waals surface area (Å²) in [5.74, 6) is 0.410. The summed E-state index contributed by atoms with van der Waals surface area (Å²) in [5.41, 5.74) is 2.77. The van der Waals surface area contributed by atoms with Crippen LogP contribution >= 0.6 is 0 Å². The molecule has 0 radical (unpaired) electrons.